The van der Waals surface area contributed by atoms with Gasteiger partial charge in [0.05, 0.1) is 12.2 Å². The molecule has 1 N–H and O–H groups in total. The highest BCUT2D eigenvalue weighted by Crippen LogP contribution is 1.96. The molecule has 0 saturated carbocycles. The average molecular weight is 180 g/mol. The molecule has 1 heterocycles. The van der Waals surface area contributed by atoms with Gasteiger partial charge in [0.15, 0.2) is 0 Å². The van der Waals surface area contributed by atoms with Gasteiger partial charge in [-0.2, -0.15) is 0 Å². The summed E-state index contributed by atoms with van der Waals surface area (Å²) < 4.78 is 0. The highest BCUT2D eigenvalue weighted by Gasteiger charge is 2.06. The van der Waals surface area contributed by atoms with Gasteiger partial charge in [0.25, 0.3) is 0 Å². The fourth-order valence-corrected chi connectivity index (χ4v) is 0.917. The molecule has 5 nitrogen and oxygen atoms in total. The zero-order valence-electron chi connectivity index (χ0n) is 7.69. The lowest BCUT2D eigenvalue weighted by atomic mass is 10.4. The van der Waals surface area contributed by atoms with Crippen molar-refractivity contribution in [3.63, 3.8) is 0 Å². The third-order valence-corrected chi connectivity index (χ3v) is 1.60. The van der Waals surface area contributed by atoms with Crippen LogP contribution >= 0.6 is 0 Å². The van der Waals surface area contributed by atoms with Crippen LogP contribution in [0.3, 0.4) is 0 Å². The molecule has 0 spiro atoms. The number of carbonyl (C=O) groups excluding carboxylic acids is 1. The second-order valence-electron chi connectivity index (χ2n) is 2.61. The standard InChI is InChI=1S/C8H12N4O/c1-9-8(13)12(2)5-7-3-4-10-6-11-7/h3-4,6H,5H2,1-2H3,(H,9,13). The lowest BCUT2D eigenvalue weighted by Crippen LogP contribution is -2.34. The van der Waals surface area contributed by atoms with Gasteiger partial charge in [-0.25, -0.2) is 14.8 Å². The van der Waals surface area contributed by atoms with Gasteiger partial charge < -0.3 is 10.2 Å². The van der Waals surface area contributed by atoms with Crippen LogP contribution in [0.25, 0.3) is 0 Å². The van der Waals surface area contributed by atoms with Gasteiger partial charge >= 0.3 is 6.03 Å². The van der Waals surface area contributed by atoms with Crippen molar-refractivity contribution in [3.8, 4) is 0 Å². The van der Waals surface area contributed by atoms with Crippen molar-refractivity contribution in [2.45, 2.75) is 6.54 Å². The Morgan fingerprint density at radius 3 is 3.00 bits per heavy atom. The summed E-state index contributed by atoms with van der Waals surface area (Å²) in [5, 5.41) is 2.53. The topological polar surface area (TPSA) is 58.1 Å². The van der Waals surface area contributed by atoms with E-state index in [0.717, 1.165) is 5.69 Å². The summed E-state index contributed by atoms with van der Waals surface area (Å²) in [7, 11) is 3.31. The Hall–Kier alpha value is -1.65. The molecule has 1 rings (SSSR count). The number of amides is 2. The molecular formula is C8H12N4O. The Morgan fingerprint density at radius 1 is 1.69 bits per heavy atom. The molecule has 5 heteroatoms. The molecule has 0 saturated heterocycles. The number of hydrogen-bond donors (Lipinski definition) is 1. The molecule has 0 atom stereocenters. The van der Waals surface area contributed by atoms with Gasteiger partial charge in [0, 0.05) is 20.3 Å². The summed E-state index contributed by atoms with van der Waals surface area (Å²) in [6.45, 7) is 0.488. The second-order valence-corrected chi connectivity index (χ2v) is 2.61. The predicted octanol–water partition coefficient (Wildman–Crippen LogP) is 0.248. The van der Waals surface area contributed by atoms with Crippen LogP contribution in [0.1, 0.15) is 5.69 Å². The first-order chi connectivity index (χ1) is 6.24. The molecule has 1 aromatic rings. The van der Waals surface area contributed by atoms with Crippen molar-refractivity contribution in [3.05, 3.63) is 24.3 Å². The van der Waals surface area contributed by atoms with E-state index in [4.69, 9.17) is 0 Å². The molecule has 0 aliphatic rings. The predicted molar refractivity (Wildman–Crippen MR) is 48.0 cm³/mol. The van der Waals surface area contributed by atoms with Gasteiger partial charge in [-0.05, 0) is 6.07 Å². The van der Waals surface area contributed by atoms with Gasteiger partial charge in [0.2, 0.25) is 0 Å². The molecule has 2 amide bonds. The number of nitrogens with one attached hydrogen (secondary N) is 1. The highest BCUT2D eigenvalue weighted by atomic mass is 16.2. The van der Waals surface area contributed by atoms with Gasteiger partial charge in [0.1, 0.15) is 6.33 Å². The number of urea groups is 1. The highest BCUT2D eigenvalue weighted by molar-refractivity contribution is 5.73. The van der Waals surface area contributed by atoms with E-state index in [-0.39, 0.29) is 6.03 Å². The second kappa shape index (κ2) is 4.39. The molecule has 0 aliphatic heterocycles. The maximum atomic E-state index is 11.1. The van der Waals surface area contributed by atoms with Crippen molar-refractivity contribution < 1.29 is 4.79 Å². The first-order valence-corrected chi connectivity index (χ1v) is 3.91. The SMILES string of the molecule is CNC(=O)N(C)Cc1ccncn1. The van der Waals surface area contributed by atoms with Crippen molar-refractivity contribution in [2.75, 3.05) is 14.1 Å². The molecule has 0 aromatic carbocycles. The largest absolute Gasteiger partial charge is 0.341 e. The van der Waals surface area contributed by atoms with Crippen molar-refractivity contribution in [1.82, 2.24) is 20.2 Å². The van der Waals surface area contributed by atoms with Gasteiger partial charge in [-0.1, -0.05) is 0 Å². The Kier molecular flexibility index (Phi) is 3.19. The number of nitrogens with zero attached hydrogens (tertiary/aromatic N) is 3. The number of hydrogen-bond acceptors (Lipinski definition) is 3. The maximum absolute atomic E-state index is 11.1. The third kappa shape index (κ3) is 2.70. The Labute approximate surface area is 76.8 Å². The quantitative estimate of drug-likeness (QED) is 0.709. The third-order valence-electron chi connectivity index (χ3n) is 1.60. The molecule has 0 unspecified atom stereocenters. The smallest absolute Gasteiger partial charge is 0.317 e. The Bertz CT molecular complexity index is 275. The lowest BCUT2D eigenvalue weighted by Gasteiger charge is -2.15. The first-order valence-electron chi connectivity index (χ1n) is 3.91. The van der Waals surface area contributed by atoms with E-state index in [1.165, 1.54) is 6.33 Å². The fraction of sp³-hybridized carbons (Fsp3) is 0.375. The summed E-state index contributed by atoms with van der Waals surface area (Å²) >= 11 is 0. The Balaban J connectivity index is 2.55. The van der Waals surface area contributed by atoms with Crippen LogP contribution in [-0.2, 0) is 6.54 Å². The van der Waals surface area contributed by atoms with Crippen LogP contribution in [0, 0.1) is 0 Å². The summed E-state index contributed by atoms with van der Waals surface area (Å²) in [6, 6.07) is 1.65. The van der Waals surface area contributed by atoms with Gasteiger partial charge in [-0.3, -0.25) is 0 Å². The summed E-state index contributed by atoms with van der Waals surface area (Å²) in [5.41, 5.74) is 0.820. The van der Waals surface area contributed by atoms with E-state index in [2.05, 4.69) is 15.3 Å². The van der Waals surface area contributed by atoms with Crippen LogP contribution in [0.5, 0.6) is 0 Å². The summed E-state index contributed by atoms with van der Waals surface area (Å²) in [4.78, 5) is 20.4. The molecule has 0 aliphatic carbocycles. The molecule has 0 fully saturated rings. The Morgan fingerprint density at radius 2 is 2.46 bits per heavy atom. The molecule has 13 heavy (non-hydrogen) atoms. The van der Waals surface area contributed by atoms with Crippen molar-refractivity contribution in [2.24, 2.45) is 0 Å². The zero-order chi connectivity index (χ0) is 9.68. The zero-order valence-corrected chi connectivity index (χ0v) is 7.69. The number of rotatable bonds is 2. The van der Waals surface area contributed by atoms with Gasteiger partial charge in [-0.15, -0.1) is 0 Å². The van der Waals surface area contributed by atoms with E-state index < -0.39 is 0 Å². The van der Waals surface area contributed by atoms with E-state index in [1.54, 1.807) is 31.3 Å². The van der Waals surface area contributed by atoms with Crippen LogP contribution < -0.4 is 5.32 Å². The average Bonchev–Trinajstić information content (AvgIpc) is 2.18. The molecular weight excluding hydrogens is 168 g/mol. The maximum Gasteiger partial charge on any atom is 0.317 e. The van der Waals surface area contributed by atoms with Crippen LogP contribution in [-0.4, -0.2) is 35.0 Å². The molecule has 0 radical (unpaired) electrons. The van der Waals surface area contributed by atoms with Crippen LogP contribution in [0.15, 0.2) is 18.6 Å². The fourth-order valence-electron chi connectivity index (χ4n) is 0.917. The van der Waals surface area contributed by atoms with Crippen molar-refractivity contribution >= 4 is 6.03 Å². The molecule has 0 bridgehead atoms. The van der Waals surface area contributed by atoms with Crippen molar-refractivity contribution in [1.29, 1.82) is 0 Å². The first kappa shape index (κ1) is 9.44. The van der Waals surface area contributed by atoms with E-state index in [9.17, 15) is 4.79 Å². The normalized spacial score (nSPS) is 9.38. The minimum atomic E-state index is -0.126. The van der Waals surface area contributed by atoms with E-state index in [1.807, 2.05) is 0 Å². The van der Waals surface area contributed by atoms with E-state index >= 15 is 0 Å². The summed E-state index contributed by atoms with van der Waals surface area (Å²) in [5.74, 6) is 0. The minimum absolute atomic E-state index is 0.126. The molecule has 1 aromatic heterocycles. The van der Waals surface area contributed by atoms with Crippen LogP contribution in [0.2, 0.25) is 0 Å². The van der Waals surface area contributed by atoms with Crippen LogP contribution in [0.4, 0.5) is 4.79 Å². The molecule has 70 valence electrons. The number of carbonyl (C=O) groups is 1. The summed E-state index contributed by atoms with van der Waals surface area (Å²) in [6.07, 6.45) is 3.12. The number of aromatic nitrogens is 2. The minimum Gasteiger partial charge on any atom is -0.341 e. The monoisotopic (exact) mass is 180 g/mol. The van der Waals surface area contributed by atoms with E-state index in [0.29, 0.717) is 6.54 Å². The lowest BCUT2D eigenvalue weighted by molar-refractivity contribution is 0.208.